The van der Waals surface area contributed by atoms with Crippen LogP contribution >= 0.6 is 11.6 Å². The van der Waals surface area contributed by atoms with Crippen molar-refractivity contribution in [2.45, 2.75) is 44.9 Å². The van der Waals surface area contributed by atoms with Crippen molar-refractivity contribution >= 4 is 35.0 Å². The average Bonchev–Trinajstić information content (AvgIpc) is 2.96. The Balaban J connectivity index is 1.28. The predicted molar refractivity (Wildman–Crippen MR) is 112 cm³/mol. The molecular formula is C22H28ClN3O3. The van der Waals surface area contributed by atoms with E-state index >= 15 is 0 Å². The lowest BCUT2D eigenvalue weighted by atomic mass is 9.73. The lowest BCUT2D eigenvalue weighted by molar-refractivity contribution is -0.143. The minimum atomic E-state index is -0.471. The summed E-state index contributed by atoms with van der Waals surface area (Å²) in [7, 11) is 0. The number of anilines is 1. The van der Waals surface area contributed by atoms with E-state index in [0.717, 1.165) is 50.9 Å². The number of halogens is 1. The number of carbonyl (C=O) groups is 3. The van der Waals surface area contributed by atoms with E-state index in [-0.39, 0.29) is 30.7 Å². The number of piperazine rings is 1. The molecule has 2 aliphatic heterocycles. The fourth-order valence-electron chi connectivity index (χ4n) is 4.96. The third-order valence-corrected chi connectivity index (χ3v) is 6.89. The van der Waals surface area contributed by atoms with E-state index in [0.29, 0.717) is 24.5 Å². The van der Waals surface area contributed by atoms with Crippen LogP contribution < -0.4 is 4.90 Å². The van der Waals surface area contributed by atoms with Crippen LogP contribution in [-0.2, 0) is 14.4 Å². The number of amides is 3. The number of benzene rings is 1. The van der Waals surface area contributed by atoms with E-state index in [4.69, 9.17) is 11.6 Å². The summed E-state index contributed by atoms with van der Waals surface area (Å²) in [4.78, 5) is 43.4. The maximum absolute atomic E-state index is 12.9. The van der Waals surface area contributed by atoms with Crippen molar-refractivity contribution in [2.24, 2.45) is 5.41 Å². The summed E-state index contributed by atoms with van der Waals surface area (Å²) in [5.74, 6) is -0.128. The first-order valence-corrected chi connectivity index (χ1v) is 11.0. The zero-order valence-electron chi connectivity index (χ0n) is 16.7. The first-order valence-electron chi connectivity index (χ1n) is 10.6. The van der Waals surface area contributed by atoms with Crippen LogP contribution in [0.25, 0.3) is 0 Å². The number of likely N-dealkylation sites (tertiary alicyclic amines) is 1. The molecule has 156 valence electrons. The molecule has 0 atom stereocenters. The molecule has 2 saturated heterocycles. The highest BCUT2D eigenvalue weighted by atomic mass is 35.5. The van der Waals surface area contributed by atoms with Crippen LogP contribution in [-0.4, -0.2) is 60.2 Å². The zero-order valence-corrected chi connectivity index (χ0v) is 17.5. The maximum Gasteiger partial charge on any atom is 0.235 e. The lowest BCUT2D eigenvalue weighted by Crippen LogP contribution is -2.49. The molecule has 0 radical (unpaired) electrons. The van der Waals surface area contributed by atoms with Crippen molar-refractivity contribution in [3.8, 4) is 0 Å². The SMILES string of the molecule is O=C(CCN1C(=O)CC2(CCCCC2)C1=O)N1CCN(c2cccc(Cl)c2)CC1. The van der Waals surface area contributed by atoms with Crippen molar-refractivity contribution in [3.63, 3.8) is 0 Å². The second-order valence-corrected chi connectivity index (χ2v) is 8.90. The van der Waals surface area contributed by atoms with Gasteiger partial charge in [-0.1, -0.05) is 36.9 Å². The molecule has 1 aromatic rings. The van der Waals surface area contributed by atoms with Gasteiger partial charge in [-0.15, -0.1) is 0 Å². The fraction of sp³-hybridized carbons (Fsp3) is 0.591. The fourth-order valence-corrected chi connectivity index (χ4v) is 5.14. The van der Waals surface area contributed by atoms with E-state index in [1.54, 1.807) is 0 Å². The Labute approximate surface area is 176 Å². The predicted octanol–water partition coefficient (Wildman–Crippen LogP) is 3.09. The summed E-state index contributed by atoms with van der Waals surface area (Å²) in [5, 5.41) is 0.705. The Hall–Kier alpha value is -2.08. The normalized spacial score (nSPS) is 21.9. The largest absolute Gasteiger partial charge is 0.368 e. The molecule has 1 aliphatic carbocycles. The van der Waals surface area contributed by atoms with Gasteiger partial charge in [0.05, 0.1) is 5.41 Å². The quantitative estimate of drug-likeness (QED) is 0.706. The van der Waals surface area contributed by atoms with Crippen LogP contribution in [0.5, 0.6) is 0 Å². The van der Waals surface area contributed by atoms with Crippen molar-refractivity contribution < 1.29 is 14.4 Å². The van der Waals surface area contributed by atoms with E-state index in [1.165, 1.54) is 4.90 Å². The molecule has 29 heavy (non-hydrogen) atoms. The van der Waals surface area contributed by atoms with Crippen LogP contribution in [0.2, 0.25) is 5.02 Å². The van der Waals surface area contributed by atoms with Crippen molar-refractivity contribution in [2.75, 3.05) is 37.6 Å². The summed E-state index contributed by atoms with van der Waals surface area (Å²) in [6.45, 7) is 2.98. The Bertz CT molecular complexity index is 798. The second kappa shape index (κ2) is 8.34. The van der Waals surface area contributed by atoms with Crippen LogP contribution in [0.3, 0.4) is 0 Å². The van der Waals surface area contributed by atoms with Gasteiger partial charge in [-0.25, -0.2) is 0 Å². The van der Waals surface area contributed by atoms with Crippen molar-refractivity contribution in [1.29, 1.82) is 0 Å². The maximum atomic E-state index is 12.9. The molecule has 7 heteroatoms. The third kappa shape index (κ3) is 4.13. The summed E-state index contributed by atoms with van der Waals surface area (Å²) in [6, 6.07) is 7.74. The number of carbonyl (C=O) groups excluding carboxylic acids is 3. The Kier molecular flexibility index (Phi) is 5.81. The third-order valence-electron chi connectivity index (χ3n) is 6.66. The summed E-state index contributed by atoms with van der Waals surface area (Å²) in [6.07, 6.45) is 5.35. The highest BCUT2D eigenvalue weighted by Gasteiger charge is 2.51. The van der Waals surface area contributed by atoms with Gasteiger partial charge >= 0.3 is 0 Å². The molecule has 3 amide bonds. The molecule has 1 saturated carbocycles. The van der Waals surface area contributed by atoms with Gasteiger partial charge in [-0.3, -0.25) is 19.3 Å². The molecule has 1 spiro atoms. The number of imide groups is 1. The van der Waals surface area contributed by atoms with E-state index in [1.807, 2.05) is 29.2 Å². The van der Waals surface area contributed by atoms with Gasteiger partial charge in [-0.05, 0) is 31.0 Å². The Morgan fingerprint density at radius 3 is 2.45 bits per heavy atom. The smallest absolute Gasteiger partial charge is 0.235 e. The van der Waals surface area contributed by atoms with Crippen LogP contribution in [0.4, 0.5) is 5.69 Å². The first kappa shape index (κ1) is 20.2. The molecule has 4 rings (SSSR count). The lowest BCUT2D eigenvalue weighted by Gasteiger charge is -2.36. The molecule has 0 N–H and O–H groups in total. The number of rotatable bonds is 4. The van der Waals surface area contributed by atoms with Gasteiger partial charge in [0.25, 0.3) is 0 Å². The summed E-state index contributed by atoms with van der Waals surface area (Å²) >= 11 is 6.07. The number of hydrogen-bond acceptors (Lipinski definition) is 4. The van der Waals surface area contributed by atoms with Crippen LogP contribution in [0.15, 0.2) is 24.3 Å². The molecule has 0 unspecified atom stereocenters. The molecule has 0 aromatic heterocycles. The first-order chi connectivity index (χ1) is 14.0. The Morgan fingerprint density at radius 2 is 1.76 bits per heavy atom. The van der Waals surface area contributed by atoms with Crippen LogP contribution in [0, 0.1) is 5.41 Å². The van der Waals surface area contributed by atoms with Crippen molar-refractivity contribution in [3.05, 3.63) is 29.3 Å². The van der Waals surface area contributed by atoms with E-state index < -0.39 is 5.41 Å². The second-order valence-electron chi connectivity index (χ2n) is 8.47. The van der Waals surface area contributed by atoms with Gasteiger partial charge in [0, 0.05) is 56.3 Å². The zero-order chi connectivity index (χ0) is 20.4. The number of hydrogen-bond donors (Lipinski definition) is 0. The highest BCUT2D eigenvalue weighted by molar-refractivity contribution is 6.30. The monoisotopic (exact) mass is 417 g/mol. The highest BCUT2D eigenvalue weighted by Crippen LogP contribution is 2.45. The molecule has 3 fully saturated rings. The van der Waals surface area contributed by atoms with Gasteiger partial charge in [-0.2, -0.15) is 0 Å². The number of nitrogens with zero attached hydrogens (tertiary/aromatic N) is 3. The average molecular weight is 418 g/mol. The summed E-state index contributed by atoms with van der Waals surface area (Å²) < 4.78 is 0. The molecule has 2 heterocycles. The molecule has 1 aromatic carbocycles. The molecule has 3 aliphatic rings. The molecular weight excluding hydrogens is 390 g/mol. The van der Waals surface area contributed by atoms with E-state index in [2.05, 4.69) is 4.90 Å². The minimum Gasteiger partial charge on any atom is -0.368 e. The molecule has 0 bridgehead atoms. The van der Waals surface area contributed by atoms with Gasteiger partial charge in [0.2, 0.25) is 17.7 Å². The van der Waals surface area contributed by atoms with Crippen LogP contribution in [0.1, 0.15) is 44.9 Å². The van der Waals surface area contributed by atoms with Gasteiger partial charge in [0.15, 0.2) is 0 Å². The molecule has 6 nitrogen and oxygen atoms in total. The van der Waals surface area contributed by atoms with Crippen molar-refractivity contribution in [1.82, 2.24) is 9.80 Å². The summed E-state index contributed by atoms with van der Waals surface area (Å²) in [5.41, 5.74) is 0.594. The van der Waals surface area contributed by atoms with E-state index in [9.17, 15) is 14.4 Å². The topological polar surface area (TPSA) is 60.9 Å². The standard InChI is InChI=1S/C22H28ClN3O3/c23-17-5-4-6-18(15-17)24-11-13-25(14-12-24)19(27)7-10-26-20(28)16-22(21(26)29)8-2-1-3-9-22/h4-6,15H,1-3,7-14,16H2. The minimum absolute atomic E-state index is 0.0148. The Morgan fingerprint density at radius 1 is 1.03 bits per heavy atom. The van der Waals surface area contributed by atoms with Gasteiger partial charge in [0.1, 0.15) is 0 Å². The van der Waals surface area contributed by atoms with Gasteiger partial charge < -0.3 is 9.80 Å².